The molecule has 1 amide bonds. The quantitative estimate of drug-likeness (QED) is 0.907. The van der Waals surface area contributed by atoms with Crippen LogP contribution in [0.1, 0.15) is 36.8 Å². The van der Waals surface area contributed by atoms with Crippen LogP contribution in [0.4, 0.5) is 5.69 Å². The summed E-state index contributed by atoms with van der Waals surface area (Å²) in [5.74, 6) is 0.350. The summed E-state index contributed by atoms with van der Waals surface area (Å²) < 4.78 is 0. The highest BCUT2D eigenvalue weighted by Crippen LogP contribution is 2.34. The summed E-state index contributed by atoms with van der Waals surface area (Å²) in [7, 11) is 0. The third-order valence-corrected chi connectivity index (χ3v) is 4.70. The van der Waals surface area contributed by atoms with Crippen LogP contribution >= 0.6 is 0 Å². The maximum Gasteiger partial charge on any atom is 0.221 e. The lowest BCUT2D eigenvalue weighted by Crippen LogP contribution is -2.46. The largest absolute Gasteiger partial charge is 0.326 e. The number of para-hydroxylation sites is 1. The molecule has 2 aromatic rings. The van der Waals surface area contributed by atoms with Gasteiger partial charge in [0, 0.05) is 25.7 Å². The van der Waals surface area contributed by atoms with E-state index in [1.54, 1.807) is 6.92 Å². The molecular weight excluding hydrogens is 298 g/mol. The number of nitrogens with two attached hydrogens (primary N) is 1. The fourth-order valence-corrected chi connectivity index (χ4v) is 3.50. The molecular formula is C20H25N3O. The zero-order valence-electron chi connectivity index (χ0n) is 14.1. The Hall–Kier alpha value is -2.17. The van der Waals surface area contributed by atoms with E-state index < -0.39 is 0 Å². The van der Waals surface area contributed by atoms with E-state index in [-0.39, 0.29) is 12.1 Å². The Bertz CT molecular complexity index is 686. The Morgan fingerprint density at radius 2 is 1.88 bits per heavy atom. The number of rotatable bonds is 4. The van der Waals surface area contributed by atoms with Gasteiger partial charge in [0.2, 0.25) is 5.91 Å². The second-order valence-electron chi connectivity index (χ2n) is 6.51. The van der Waals surface area contributed by atoms with Gasteiger partial charge in [0.15, 0.2) is 0 Å². The molecule has 2 aromatic carbocycles. The van der Waals surface area contributed by atoms with Crippen molar-refractivity contribution in [1.82, 2.24) is 4.90 Å². The summed E-state index contributed by atoms with van der Waals surface area (Å²) in [5, 5.41) is 2.94. The number of hydrogen-bond acceptors (Lipinski definition) is 3. The molecule has 0 saturated carbocycles. The third kappa shape index (κ3) is 4.02. The molecule has 3 rings (SSSR count). The molecule has 0 radical (unpaired) electrons. The van der Waals surface area contributed by atoms with Crippen molar-refractivity contribution < 1.29 is 4.79 Å². The first-order valence-corrected chi connectivity index (χ1v) is 8.53. The summed E-state index contributed by atoms with van der Waals surface area (Å²) in [6.07, 6.45) is 2.00. The van der Waals surface area contributed by atoms with Crippen molar-refractivity contribution in [2.45, 2.75) is 38.4 Å². The predicted molar refractivity (Wildman–Crippen MR) is 97.5 cm³/mol. The highest BCUT2D eigenvalue weighted by Gasteiger charge is 2.28. The smallest absolute Gasteiger partial charge is 0.221 e. The Morgan fingerprint density at radius 1 is 1.17 bits per heavy atom. The Balaban J connectivity index is 1.68. The molecule has 1 heterocycles. The van der Waals surface area contributed by atoms with Crippen molar-refractivity contribution in [3.05, 3.63) is 65.7 Å². The van der Waals surface area contributed by atoms with Gasteiger partial charge in [-0.3, -0.25) is 9.69 Å². The van der Waals surface area contributed by atoms with Crippen LogP contribution in [0, 0.1) is 0 Å². The van der Waals surface area contributed by atoms with E-state index in [9.17, 15) is 4.79 Å². The first kappa shape index (κ1) is 16.7. The molecule has 4 nitrogen and oxygen atoms in total. The van der Waals surface area contributed by atoms with Crippen molar-refractivity contribution in [2.75, 3.05) is 11.9 Å². The molecule has 126 valence electrons. The Kier molecular flexibility index (Phi) is 5.28. The molecule has 1 fully saturated rings. The number of nitrogens with one attached hydrogen (secondary N) is 1. The van der Waals surface area contributed by atoms with E-state index in [0.717, 1.165) is 31.6 Å². The molecule has 0 spiro atoms. The van der Waals surface area contributed by atoms with E-state index >= 15 is 0 Å². The van der Waals surface area contributed by atoms with Crippen LogP contribution in [0.25, 0.3) is 0 Å². The first-order chi connectivity index (χ1) is 11.6. The van der Waals surface area contributed by atoms with Gasteiger partial charge in [-0.1, -0.05) is 48.5 Å². The fraction of sp³-hybridized carbons (Fsp3) is 0.350. The number of anilines is 1. The second kappa shape index (κ2) is 7.60. The number of amides is 1. The average molecular weight is 323 g/mol. The highest BCUT2D eigenvalue weighted by molar-refractivity contribution is 5.89. The number of carbonyl (C=O) groups excluding carboxylic acids is 1. The van der Waals surface area contributed by atoms with Gasteiger partial charge in [-0.05, 0) is 36.0 Å². The zero-order valence-corrected chi connectivity index (χ0v) is 14.1. The molecule has 24 heavy (non-hydrogen) atoms. The lowest BCUT2D eigenvalue weighted by Gasteiger charge is -2.38. The van der Waals surface area contributed by atoms with E-state index in [1.165, 1.54) is 11.1 Å². The fourth-order valence-electron chi connectivity index (χ4n) is 3.50. The Labute approximate surface area is 143 Å². The number of benzene rings is 2. The van der Waals surface area contributed by atoms with Gasteiger partial charge in [0.05, 0.1) is 6.17 Å². The minimum atomic E-state index is -0.0340. The monoisotopic (exact) mass is 323 g/mol. The van der Waals surface area contributed by atoms with E-state index in [4.69, 9.17) is 5.73 Å². The van der Waals surface area contributed by atoms with Crippen LogP contribution in [0.2, 0.25) is 0 Å². The van der Waals surface area contributed by atoms with E-state index in [0.29, 0.717) is 5.92 Å². The summed E-state index contributed by atoms with van der Waals surface area (Å²) in [6, 6.07) is 18.5. The van der Waals surface area contributed by atoms with E-state index in [2.05, 4.69) is 40.5 Å². The number of piperidine rings is 1. The molecule has 3 N–H and O–H groups in total. The molecule has 2 atom stereocenters. The van der Waals surface area contributed by atoms with E-state index in [1.807, 2.05) is 24.3 Å². The molecule has 0 aliphatic carbocycles. The lowest BCUT2D eigenvalue weighted by molar-refractivity contribution is -0.114. The number of carbonyl (C=O) groups is 1. The summed E-state index contributed by atoms with van der Waals surface area (Å²) in [4.78, 5) is 13.8. The highest BCUT2D eigenvalue weighted by atomic mass is 16.1. The van der Waals surface area contributed by atoms with Gasteiger partial charge >= 0.3 is 0 Å². The van der Waals surface area contributed by atoms with Gasteiger partial charge in [0.1, 0.15) is 0 Å². The predicted octanol–water partition coefficient (Wildman–Crippen LogP) is 3.31. The van der Waals surface area contributed by atoms with Crippen LogP contribution in [-0.4, -0.2) is 23.5 Å². The maximum absolute atomic E-state index is 11.4. The van der Waals surface area contributed by atoms with Crippen LogP contribution in [0.5, 0.6) is 0 Å². The van der Waals surface area contributed by atoms with Crippen molar-refractivity contribution >= 4 is 11.6 Å². The Morgan fingerprint density at radius 3 is 2.58 bits per heavy atom. The van der Waals surface area contributed by atoms with Gasteiger partial charge in [-0.2, -0.15) is 0 Å². The van der Waals surface area contributed by atoms with Crippen LogP contribution in [-0.2, 0) is 11.3 Å². The van der Waals surface area contributed by atoms with Crippen molar-refractivity contribution in [3.8, 4) is 0 Å². The number of nitrogens with zero attached hydrogens (tertiary/aromatic N) is 1. The molecule has 2 unspecified atom stereocenters. The van der Waals surface area contributed by atoms with Crippen LogP contribution < -0.4 is 11.1 Å². The summed E-state index contributed by atoms with van der Waals surface area (Å²) in [5.41, 5.74) is 9.85. The molecule has 1 aliphatic heterocycles. The summed E-state index contributed by atoms with van der Waals surface area (Å²) >= 11 is 0. The molecule has 4 heteroatoms. The molecule has 1 aliphatic rings. The summed E-state index contributed by atoms with van der Waals surface area (Å²) in [6.45, 7) is 3.40. The second-order valence-corrected chi connectivity index (χ2v) is 6.51. The topological polar surface area (TPSA) is 58.4 Å². The van der Waals surface area contributed by atoms with Crippen molar-refractivity contribution in [1.29, 1.82) is 0 Å². The lowest BCUT2D eigenvalue weighted by atomic mass is 9.86. The number of hydrogen-bond donors (Lipinski definition) is 2. The standard InChI is InChI=1S/C20H25N3O/c1-15(24)22-19-10-6-5-9-18(19)17-11-12-23(20(21)13-17)14-16-7-3-2-4-8-16/h2-10,17,20H,11-14,21H2,1H3,(H,22,24). The first-order valence-electron chi connectivity index (χ1n) is 8.53. The molecule has 1 saturated heterocycles. The van der Waals surface area contributed by atoms with Gasteiger partial charge in [-0.15, -0.1) is 0 Å². The minimum Gasteiger partial charge on any atom is -0.326 e. The number of likely N-dealkylation sites (tertiary alicyclic amines) is 1. The van der Waals surface area contributed by atoms with Gasteiger partial charge < -0.3 is 11.1 Å². The minimum absolute atomic E-state index is 0.0340. The average Bonchev–Trinajstić information content (AvgIpc) is 2.58. The van der Waals surface area contributed by atoms with Gasteiger partial charge in [0.25, 0.3) is 0 Å². The van der Waals surface area contributed by atoms with Crippen LogP contribution in [0.3, 0.4) is 0 Å². The normalized spacial score (nSPS) is 21.4. The maximum atomic E-state index is 11.4. The third-order valence-electron chi connectivity index (χ3n) is 4.70. The molecule has 0 aromatic heterocycles. The van der Waals surface area contributed by atoms with Gasteiger partial charge in [-0.25, -0.2) is 0 Å². The molecule has 0 bridgehead atoms. The van der Waals surface area contributed by atoms with Crippen molar-refractivity contribution in [3.63, 3.8) is 0 Å². The van der Waals surface area contributed by atoms with Crippen molar-refractivity contribution in [2.24, 2.45) is 5.73 Å². The zero-order chi connectivity index (χ0) is 16.9. The SMILES string of the molecule is CC(=O)Nc1ccccc1C1CCN(Cc2ccccc2)C(N)C1. The van der Waals surface area contributed by atoms with Crippen LogP contribution in [0.15, 0.2) is 54.6 Å².